The van der Waals surface area contributed by atoms with E-state index in [1.165, 1.54) is 13.0 Å². The van der Waals surface area contributed by atoms with Crippen molar-refractivity contribution in [3.05, 3.63) is 35.8 Å². The van der Waals surface area contributed by atoms with Gasteiger partial charge < -0.3 is 8.92 Å². The van der Waals surface area contributed by atoms with Crippen LogP contribution in [0.5, 0.6) is 0 Å². The Balaban J connectivity index is 3.15. The molecular weight excluding hydrogens is 297 g/mol. The third-order valence-electron chi connectivity index (χ3n) is 2.50. The molecule has 0 atom stereocenters. The Labute approximate surface area is 115 Å². The number of halogens is 3. The van der Waals surface area contributed by atoms with Gasteiger partial charge in [0.25, 0.3) is 0 Å². The molecule has 1 aliphatic heterocycles. The first-order valence-corrected chi connectivity index (χ1v) is 7.06. The van der Waals surface area contributed by atoms with Crippen molar-refractivity contribution >= 4 is 10.1 Å². The van der Waals surface area contributed by atoms with Gasteiger partial charge in [0.1, 0.15) is 5.60 Å². The molecule has 8 heteroatoms. The minimum atomic E-state index is -5.73. The molecule has 0 saturated carbocycles. The number of alkyl halides is 3. The van der Waals surface area contributed by atoms with Gasteiger partial charge in [-0.05, 0) is 26.8 Å². The zero-order valence-corrected chi connectivity index (χ0v) is 12.1. The molecule has 0 unspecified atom stereocenters. The monoisotopic (exact) mass is 312 g/mol. The molecule has 114 valence electrons. The van der Waals surface area contributed by atoms with Crippen LogP contribution in [0.3, 0.4) is 0 Å². The minimum Gasteiger partial charge on any atom is -0.483 e. The van der Waals surface area contributed by atoms with Crippen molar-refractivity contribution in [2.24, 2.45) is 0 Å². The lowest BCUT2D eigenvalue weighted by Crippen LogP contribution is -2.26. The summed E-state index contributed by atoms with van der Waals surface area (Å²) in [6.45, 7) is 8.31. The lowest BCUT2D eigenvalue weighted by atomic mass is 10.0. The molecular formula is C12H15F3O4S. The van der Waals surface area contributed by atoms with E-state index in [1.54, 1.807) is 13.8 Å². The molecule has 1 heterocycles. The summed E-state index contributed by atoms with van der Waals surface area (Å²) in [5.74, 6) is -0.539. The highest BCUT2D eigenvalue weighted by molar-refractivity contribution is 7.87. The van der Waals surface area contributed by atoms with Crippen LogP contribution >= 0.6 is 0 Å². The molecule has 0 bridgehead atoms. The van der Waals surface area contributed by atoms with Crippen molar-refractivity contribution in [3.8, 4) is 0 Å². The molecule has 0 radical (unpaired) electrons. The molecule has 0 aromatic carbocycles. The zero-order chi connectivity index (χ0) is 15.8. The summed E-state index contributed by atoms with van der Waals surface area (Å²) >= 11 is 0. The van der Waals surface area contributed by atoms with Gasteiger partial charge >= 0.3 is 15.6 Å². The van der Waals surface area contributed by atoms with E-state index in [0.29, 0.717) is 12.0 Å². The van der Waals surface area contributed by atoms with Gasteiger partial charge in [0.2, 0.25) is 0 Å². The second-order valence-corrected chi connectivity index (χ2v) is 6.27. The fourth-order valence-electron chi connectivity index (χ4n) is 1.67. The normalized spacial score (nSPS) is 19.8. The van der Waals surface area contributed by atoms with E-state index < -0.39 is 27.0 Å². The van der Waals surface area contributed by atoms with Gasteiger partial charge in [0.15, 0.2) is 11.5 Å². The number of ether oxygens (including phenoxy) is 1. The molecule has 0 aliphatic carbocycles. The molecule has 0 spiro atoms. The van der Waals surface area contributed by atoms with Crippen molar-refractivity contribution < 1.29 is 30.5 Å². The van der Waals surface area contributed by atoms with Gasteiger partial charge in [0.05, 0.1) is 0 Å². The van der Waals surface area contributed by atoms with Gasteiger partial charge in [-0.3, -0.25) is 0 Å². The zero-order valence-electron chi connectivity index (χ0n) is 11.2. The maximum Gasteiger partial charge on any atom is 0.534 e. The Kier molecular flexibility index (Phi) is 4.28. The van der Waals surface area contributed by atoms with Crippen LogP contribution in [0.4, 0.5) is 13.2 Å². The molecule has 20 heavy (non-hydrogen) atoms. The molecule has 0 N–H and O–H groups in total. The second-order valence-electron chi connectivity index (χ2n) is 4.73. The van der Waals surface area contributed by atoms with Crippen LogP contribution < -0.4 is 0 Å². The summed E-state index contributed by atoms with van der Waals surface area (Å²) in [5, 5.41) is 0. The molecule has 0 fully saturated rings. The highest BCUT2D eigenvalue weighted by Gasteiger charge is 2.49. The van der Waals surface area contributed by atoms with Crippen molar-refractivity contribution in [3.63, 3.8) is 0 Å². The Hall–Kier alpha value is -1.44. The predicted octanol–water partition coefficient (Wildman–Crippen LogP) is 3.40. The van der Waals surface area contributed by atoms with Crippen LogP contribution in [0.25, 0.3) is 0 Å². The van der Waals surface area contributed by atoms with Gasteiger partial charge in [-0.15, -0.1) is 0 Å². The first-order chi connectivity index (χ1) is 8.93. The highest BCUT2D eigenvalue weighted by Crippen LogP contribution is 2.39. The fourth-order valence-corrected chi connectivity index (χ4v) is 2.18. The SMILES string of the molecule is C=CC1=C(/C(=C\C)OS(=O)(=O)C(F)(F)F)OC(C)(C)C1. The number of rotatable bonds is 4. The summed E-state index contributed by atoms with van der Waals surface area (Å²) < 4.78 is 68.7. The van der Waals surface area contributed by atoms with E-state index >= 15 is 0 Å². The lowest BCUT2D eigenvalue weighted by Gasteiger charge is -2.20. The summed E-state index contributed by atoms with van der Waals surface area (Å²) in [4.78, 5) is 0. The summed E-state index contributed by atoms with van der Waals surface area (Å²) in [6.07, 6.45) is 2.89. The van der Waals surface area contributed by atoms with E-state index in [4.69, 9.17) is 4.74 Å². The smallest absolute Gasteiger partial charge is 0.483 e. The Morgan fingerprint density at radius 3 is 2.40 bits per heavy atom. The average molecular weight is 312 g/mol. The van der Waals surface area contributed by atoms with Crippen molar-refractivity contribution in [2.45, 2.75) is 38.3 Å². The van der Waals surface area contributed by atoms with E-state index in [0.717, 1.165) is 6.08 Å². The summed E-state index contributed by atoms with van der Waals surface area (Å²) in [7, 11) is -5.73. The van der Waals surface area contributed by atoms with E-state index in [2.05, 4.69) is 10.8 Å². The Morgan fingerprint density at radius 1 is 1.45 bits per heavy atom. The quantitative estimate of drug-likeness (QED) is 0.453. The van der Waals surface area contributed by atoms with Gasteiger partial charge in [-0.25, -0.2) is 0 Å². The maximum atomic E-state index is 12.3. The molecule has 1 rings (SSSR count). The van der Waals surface area contributed by atoms with E-state index in [1.807, 2.05) is 0 Å². The standard InChI is InChI=1S/C12H15F3O4S/c1-5-8-7-11(3,4)18-10(8)9(6-2)19-20(16,17)12(13,14)15/h5-6H,1,7H2,2-4H3/b9-6+. The van der Waals surface area contributed by atoms with E-state index in [9.17, 15) is 21.6 Å². The lowest BCUT2D eigenvalue weighted by molar-refractivity contribution is -0.0526. The van der Waals surface area contributed by atoms with Gasteiger partial charge in [0, 0.05) is 12.0 Å². The van der Waals surface area contributed by atoms with Crippen LogP contribution in [0.15, 0.2) is 35.8 Å². The number of hydrogen-bond acceptors (Lipinski definition) is 4. The average Bonchev–Trinajstić information content (AvgIpc) is 2.60. The van der Waals surface area contributed by atoms with Crippen LogP contribution in [-0.2, 0) is 19.0 Å². The fraction of sp³-hybridized carbons (Fsp3) is 0.500. The van der Waals surface area contributed by atoms with Crippen LogP contribution in [0.2, 0.25) is 0 Å². The summed E-state index contributed by atoms with van der Waals surface area (Å²) in [5.41, 5.74) is -5.68. The van der Waals surface area contributed by atoms with Gasteiger partial charge in [-0.2, -0.15) is 21.6 Å². The predicted molar refractivity (Wildman–Crippen MR) is 66.8 cm³/mol. The summed E-state index contributed by atoms with van der Waals surface area (Å²) in [6, 6.07) is 0. The Bertz CT molecular complexity index is 568. The second kappa shape index (κ2) is 5.16. The van der Waals surface area contributed by atoms with E-state index in [-0.39, 0.29) is 5.76 Å². The van der Waals surface area contributed by atoms with Crippen LogP contribution in [-0.4, -0.2) is 19.5 Å². The molecule has 1 aliphatic rings. The molecule has 0 aromatic heterocycles. The number of hydrogen-bond donors (Lipinski definition) is 0. The highest BCUT2D eigenvalue weighted by atomic mass is 32.2. The topological polar surface area (TPSA) is 52.6 Å². The third-order valence-corrected chi connectivity index (χ3v) is 3.47. The molecule has 0 amide bonds. The first-order valence-electron chi connectivity index (χ1n) is 5.65. The molecule has 0 saturated heterocycles. The minimum absolute atomic E-state index is 0.0414. The van der Waals surface area contributed by atoms with Gasteiger partial charge in [-0.1, -0.05) is 12.7 Å². The van der Waals surface area contributed by atoms with Crippen LogP contribution in [0, 0.1) is 0 Å². The molecule has 0 aromatic rings. The van der Waals surface area contributed by atoms with Crippen molar-refractivity contribution in [2.75, 3.05) is 0 Å². The van der Waals surface area contributed by atoms with Crippen molar-refractivity contribution in [1.29, 1.82) is 0 Å². The van der Waals surface area contributed by atoms with Crippen molar-refractivity contribution in [1.82, 2.24) is 0 Å². The maximum absolute atomic E-state index is 12.3. The Morgan fingerprint density at radius 2 is 2.00 bits per heavy atom. The third kappa shape index (κ3) is 3.36. The number of allylic oxidation sites excluding steroid dienone is 2. The molecule has 4 nitrogen and oxygen atoms in total. The van der Waals surface area contributed by atoms with Crippen LogP contribution in [0.1, 0.15) is 27.2 Å². The largest absolute Gasteiger partial charge is 0.534 e. The first kappa shape index (κ1) is 16.6.